The topological polar surface area (TPSA) is 29.1 Å². The molecule has 0 amide bonds. The highest BCUT2D eigenvalue weighted by molar-refractivity contribution is 7.70. The lowest BCUT2D eigenvalue weighted by atomic mass is 10.1. The van der Waals surface area contributed by atoms with Crippen molar-refractivity contribution in [1.29, 1.82) is 0 Å². The van der Waals surface area contributed by atoms with Crippen molar-refractivity contribution in [2.24, 2.45) is 0 Å². The molecule has 0 radical (unpaired) electrons. The molecule has 0 bridgehead atoms. The molecule has 2 aromatic rings. The molecule has 0 unspecified atom stereocenters. The van der Waals surface area contributed by atoms with E-state index in [9.17, 15) is 4.79 Å². The van der Waals surface area contributed by atoms with Gasteiger partial charge in [0.25, 0.3) is 4.74 Å². The Labute approximate surface area is 112 Å². The summed E-state index contributed by atoms with van der Waals surface area (Å²) >= 11 is 5.89. The summed E-state index contributed by atoms with van der Waals surface area (Å²) in [4.78, 5) is 11.2. The minimum Gasteiger partial charge on any atom is -0.371 e. The van der Waals surface area contributed by atoms with E-state index in [2.05, 4.69) is 37.4 Å². The van der Waals surface area contributed by atoms with Gasteiger partial charge in [0.15, 0.2) is 0 Å². The number of halogens is 1. The fraction of sp³-hybridized carbons (Fsp3) is 0.250. The number of rotatable bonds is 3. The van der Waals surface area contributed by atoms with Crippen LogP contribution in [0.25, 0.3) is 0 Å². The maximum Gasteiger partial charge on any atom is 0.263 e. The summed E-state index contributed by atoms with van der Waals surface area (Å²) in [6.07, 6.45) is 0. The second-order valence-electron chi connectivity index (χ2n) is 3.88. The molecular formula is C12H12ClNOS2. The zero-order chi connectivity index (χ0) is 12.4. The van der Waals surface area contributed by atoms with Crippen molar-refractivity contribution in [2.75, 3.05) is 5.32 Å². The van der Waals surface area contributed by atoms with Gasteiger partial charge in [-0.3, -0.25) is 4.79 Å². The van der Waals surface area contributed by atoms with Crippen LogP contribution in [0, 0.1) is 13.8 Å². The van der Waals surface area contributed by atoms with Crippen LogP contribution in [0.1, 0.15) is 16.7 Å². The summed E-state index contributed by atoms with van der Waals surface area (Å²) in [6, 6.07) is 6.34. The Bertz CT molecular complexity index is 588. The molecule has 0 saturated carbocycles. The van der Waals surface area contributed by atoms with Crippen LogP contribution < -0.4 is 10.1 Å². The number of hydrogen-bond acceptors (Lipinski definition) is 4. The third kappa shape index (κ3) is 2.89. The first kappa shape index (κ1) is 12.6. The van der Waals surface area contributed by atoms with Gasteiger partial charge >= 0.3 is 0 Å². The minimum absolute atomic E-state index is 0.0693. The molecule has 1 heterocycles. The Morgan fingerprint density at radius 1 is 1.29 bits per heavy atom. The van der Waals surface area contributed by atoms with E-state index in [1.807, 2.05) is 0 Å². The Kier molecular flexibility index (Phi) is 3.86. The summed E-state index contributed by atoms with van der Waals surface area (Å²) in [7, 11) is 2.56. The van der Waals surface area contributed by atoms with Gasteiger partial charge in [-0.1, -0.05) is 45.7 Å². The first-order valence-electron chi connectivity index (χ1n) is 5.16. The maximum atomic E-state index is 11.2. The first-order valence-corrected chi connectivity index (χ1v) is 7.69. The highest BCUT2D eigenvalue weighted by Crippen LogP contribution is 2.27. The summed E-state index contributed by atoms with van der Waals surface area (Å²) in [5.41, 5.74) is 3.70. The molecule has 1 aromatic carbocycles. The van der Waals surface area contributed by atoms with Crippen molar-refractivity contribution in [1.82, 2.24) is 0 Å². The SMILES string of the molecule is Cc1ccc(C)c(CNc2ssc(=O)c2Cl)c1. The lowest BCUT2D eigenvalue weighted by molar-refractivity contribution is 1.12. The van der Waals surface area contributed by atoms with E-state index in [-0.39, 0.29) is 4.74 Å². The highest BCUT2D eigenvalue weighted by Gasteiger charge is 2.08. The second-order valence-corrected chi connectivity index (χ2v) is 6.37. The predicted octanol–water partition coefficient (Wildman–Crippen LogP) is 4.05. The lowest BCUT2D eigenvalue weighted by Crippen LogP contribution is -2.02. The molecule has 0 aliphatic rings. The molecule has 0 atom stereocenters. The van der Waals surface area contributed by atoms with Gasteiger partial charge in [0.2, 0.25) is 0 Å². The number of hydrogen-bond donors (Lipinski definition) is 1. The summed E-state index contributed by atoms with van der Waals surface area (Å²) in [6.45, 7) is 4.84. The smallest absolute Gasteiger partial charge is 0.263 e. The Morgan fingerprint density at radius 2 is 2.06 bits per heavy atom. The van der Waals surface area contributed by atoms with Gasteiger partial charge in [-0.05, 0) is 35.3 Å². The molecule has 0 spiro atoms. The van der Waals surface area contributed by atoms with Crippen LogP contribution in [0.2, 0.25) is 5.02 Å². The Morgan fingerprint density at radius 3 is 2.71 bits per heavy atom. The molecule has 17 heavy (non-hydrogen) atoms. The van der Waals surface area contributed by atoms with Gasteiger partial charge in [-0.2, -0.15) is 0 Å². The predicted molar refractivity (Wildman–Crippen MR) is 76.7 cm³/mol. The molecule has 1 N–H and O–H groups in total. The van der Waals surface area contributed by atoms with Crippen molar-refractivity contribution < 1.29 is 0 Å². The Balaban J connectivity index is 2.15. The number of anilines is 1. The molecule has 0 fully saturated rings. The third-order valence-corrected chi connectivity index (χ3v) is 5.27. The molecule has 90 valence electrons. The number of benzene rings is 1. The second kappa shape index (κ2) is 5.21. The largest absolute Gasteiger partial charge is 0.371 e. The molecule has 0 aliphatic heterocycles. The highest BCUT2D eigenvalue weighted by atomic mass is 35.5. The zero-order valence-corrected chi connectivity index (χ0v) is 11.9. The Hall–Kier alpha value is -0.840. The third-order valence-electron chi connectivity index (χ3n) is 2.52. The first-order chi connectivity index (χ1) is 8.08. The quantitative estimate of drug-likeness (QED) is 0.862. The summed E-state index contributed by atoms with van der Waals surface area (Å²) in [5, 5.41) is 4.29. The van der Waals surface area contributed by atoms with Gasteiger partial charge in [-0.15, -0.1) is 0 Å². The van der Waals surface area contributed by atoms with E-state index in [1.54, 1.807) is 0 Å². The van der Waals surface area contributed by atoms with E-state index in [0.717, 1.165) is 5.00 Å². The van der Waals surface area contributed by atoms with Crippen molar-refractivity contribution in [3.05, 3.63) is 49.4 Å². The molecule has 5 heteroatoms. The molecule has 1 aromatic heterocycles. The zero-order valence-electron chi connectivity index (χ0n) is 9.54. The maximum absolute atomic E-state index is 11.2. The van der Waals surface area contributed by atoms with Crippen LogP contribution >= 0.6 is 32.3 Å². The molecular weight excluding hydrogens is 274 g/mol. The molecule has 0 saturated heterocycles. The van der Waals surface area contributed by atoms with Crippen LogP contribution in [0.5, 0.6) is 0 Å². The monoisotopic (exact) mass is 285 g/mol. The van der Waals surface area contributed by atoms with Crippen LogP contribution in [0.3, 0.4) is 0 Å². The molecule has 0 aliphatic carbocycles. The van der Waals surface area contributed by atoms with Crippen molar-refractivity contribution in [3.8, 4) is 0 Å². The van der Waals surface area contributed by atoms with Gasteiger partial charge in [-0.25, -0.2) is 0 Å². The molecule has 2 nitrogen and oxygen atoms in total. The van der Waals surface area contributed by atoms with Crippen molar-refractivity contribution in [2.45, 2.75) is 20.4 Å². The molecule has 2 rings (SSSR count). The van der Waals surface area contributed by atoms with Crippen LogP contribution in [-0.4, -0.2) is 0 Å². The van der Waals surface area contributed by atoms with Gasteiger partial charge in [0, 0.05) is 6.54 Å². The van der Waals surface area contributed by atoms with E-state index in [0.29, 0.717) is 11.6 Å². The van der Waals surface area contributed by atoms with Crippen molar-refractivity contribution in [3.63, 3.8) is 0 Å². The summed E-state index contributed by atoms with van der Waals surface area (Å²) < 4.78 is -0.0693. The van der Waals surface area contributed by atoms with Gasteiger partial charge < -0.3 is 5.32 Å². The lowest BCUT2D eigenvalue weighted by Gasteiger charge is -2.08. The number of aryl methyl sites for hydroxylation is 2. The van der Waals surface area contributed by atoms with Crippen molar-refractivity contribution >= 4 is 37.3 Å². The van der Waals surface area contributed by atoms with Gasteiger partial charge in [0.05, 0.1) is 0 Å². The normalized spacial score (nSPS) is 10.5. The average molecular weight is 286 g/mol. The average Bonchev–Trinajstić information content (AvgIpc) is 2.62. The van der Waals surface area contributed by atoms with E-state index in [4.69, 9.17) is 11.6 Å². The fourth-order valence-electron chi connectivity index (χ4n) is 1.52. The number of nitrogens with one attached hydrogen (secondary N) is 1. The van der Waals surface area contributed by atoms with E-state index < -0.39 is 0 Å². The van der Waals surface area contributed by atoms with Gasteiger partial charge in [0.1, 0.15) is 10.0 Å². The van der Waals surface area contributed by atoms with Crippen LogP contribution in [0.15, 0.2) is 23.0 Å². The standard InChI is InChI=1S/C12H12ClNOS2/c1-7-3-4-8(2)9(5-7)6-14-11-10(13)12(15)17-16-11/h3-5,14H,6H2,1-2H3. The summed E-state index contributed by atoms with van der Waals surface area (Å²) in [5.74, 6) is 0. The minimum atomic E-state index is -0.0693. The van der Waals surface area contributed by atoms with Crippen LogP contribution in [-0.2, 0) is 6.54 Å². The van der Waals surface area contributed by atoms with E-state index >= 15 is 0 Å². The van der Waals surface area contributed by atoms with Crippen LogP contribution in [0.4, 0.5) is 5.00 Å². The van der Waals surface area contributed by atoms with E-state index in [1.165, 1.54) is 37.4 Å². The fourth-order valence-corrected chi connectivity index (χ4v) is 3.94.